The summed E-state index contributed by atoms with van der Waals surface area (Å²) in [6.45, 7) is 2.70. The van der Waals surface area contributed by atoms with Gasteiger partial charge in [0.25, 0.3) is 0 Å². The maximum atomic E-state index is 5.58. The summed E-state index contributed by atoms with van der Waals surface area (Å²) >= 11 is 0. The Morgan fingerprint density at radius 3 is 2.24 bits per heavy atom. The summed E-state index contributed by atoms with van der Waals surface area (Å²) in [6, 6.07) is 25.2. The summed E-state index contributed by atoms with van der Waals surface area (Å²) in [5, 5.41) is 2.37. The zero-order valence-corrected chi connectivity index (χ0v) is 19.3. The molecule has 166 valence electrons. The third-order valence-corrected chi connectivity index (χ3v) is 6.00. The summed E-state index contributed by atoms with van der Waals surface area (Å²) in [4.78, 5) is 5.08. The molecule has 5 aromatic rings. The first-order chi connectivity index (χ1) is 16.1. The van der Waals surface area contributed by atoms with Gasteiger partial charge in [-0.2, -0.15) is 0 Å². The number of methoxy groups -OCH3 is 3. The molecule has 0 radical (unpaired) electrons. The molecule has 5 heteroatoms. The molecule has 5 nitrogen and oxygen atoms in total. The largest absolute Gasteiger partial charge is 0.493 e. The highest BCUT2D eigenvalue weighted by atomic mass is 16.5. The molecule has 0 aliphatic carbocycles. The number of aryl methyl sites for hydroxylation is 1. The average Bonchev–Trinajstić information content (AvgIpc) is 3.19. The minimum Gasteiger partial charge on any atom is -0.493 e. The van der Waals surface area contributed by atoms with Gasteiger partial charge in [0.15, 0.2) is 11.5 Å². The van der Waals surface area contributed by atoms with Crippen LogP contribution in [0.4, 0.5) is 0 Å². The van der Waals surface area contributed by atoms with Gasteiger partial charge in [0, 0.05) is 12.1 Å². The van der Waals surface area contributed by atoms with Crippen molar-refractivity contribution in [1.82, 2.24) is 9.55 Å². The molecule has 0 unspecified atom stereocenters. The third-order valence-electron chi connectivity index (χ3n) is 6.00. The van der Waals surface area contributed by atoms with Gasteiger partial charge < -0.3 is 18.8 Å². The van der Waals surface area contributed by atoms with E-state index in [9.17, 15) is 0 Å². The fourth-order valence-electron chi connectivity index (χ4n) is 4.44. The van der Waals surface area contributed by atoms with E-state index >= 15 is 0 Å². The fraction of sp³-hybridized carbons (Fsp3) is 0.179. The van der Waals surface area contributed by atoms with Crippen LogP contribution >= 0.6 is 0 Å². The molecule has 4 aromatic carbocycles. The van der Waals surface area contributed by atoms with Gasteiger partial charge >= 0.3 is 0 Å². The second-order valence-corrected chi connectivity index (χ2v) is 8.07. The van der Waals surface area contributed by atoms with Crippen LogP contribution in [0.25, 0.3) is 33.2 Å². The highest BCUT2D eigenvalue weighted by Gasteiger charge is 2.18. The van der Waals surface area contributed by atoms with Gasteiger partial charge in [-0.25, -0.2) is 4.98 Å². The van der Waals surface area contributed by atoms with Crippen molar-refractivity contribution in [1.29, 1.82) is 0 Å². The Morgan fingerprint density at radius 2 is 1.52 bits per heavy atom. The minimum absolute atomic E-state index is 0.587. The Labute approximate surface area is 193 Å². The summed E-state index contributed by atoms with van der Waals surface area (Å²) < 4.78 is 18.9. The fourth-order valence-corrected chi connectivity index (χ4v) is 4.44. The van der Waals surface area contributed by atoms with E-state index in [2.05, 4.69) is 72.2 Å². The first-order valence-corrected chi connectivity index (χ1v) is 10.9. The number of imidazole rings is 1. The normalized spacial score (nSPS) is 11.2. The molecule has 0 aliphatic heterocycles. The second kappa shape index (κ2) is 8.51. The van der Waals surface area contributed by atoms with E-state index in [0.717, 1.165) is 28.0 Å². The average molecular weight is 439 g/mol. The molecule has 0 saturated heterocycles. The zero-order chi connectivity index (χ0) is 22.9. The van der Waals surface area contributed by atoms with Gasteiger partial charge in [0.1, 0.15) is 5.82 Å². The van der Waals surface area contributed by atoms with E-state index in [0.29, 0.717) is 23.8 Å². The maximum absolute atomic E-state index is 5.58. The molecule has 33 heavy (non-hydrogen) atoms. The Morgan fingerprint density at radius 1 is 0.788 bits per heavy atom. The van der Waals surface area contributed by atoms with Crippen molar-refractivity contribution in [2.24, 2.45) is 0 Å². The first-order valence-electron chi connectivity index (χ1n) is 10.9. The lowest BCUT2D eigenvalue weighted by Crippen LogP contribution is -2.04. The summed E-state index contributed by atoms with van der Waals surface area (Å²) in [5.74, 6) is 2.79. The first kappa shape index (κ1) is 20.9. The topological polar surface area (TPSA) is 45.5 Å². The molecule has 0 amide bonds. The SMILES string of the molecule is COc1cc(Cn2c(-c3cccc4ccccc34)nc3cc(C)ccc32)cc(OC)c1OC. The number of fused-ring (bicyclic) bond motifs is 2. The number of nitrogens with zero attached hydrogens (tertiary/aromatic N) is 2. The molecule has 0 fully saturated rings. The molecular formula is C28H26N2O3. The Balaban J connectivity index is 1.73. The van der Waals surface area contributed by atoms with E-state index in [1.807, 2.05) is 12.1 Å². The van der Waals surface area contributed by atoms with Crippen LogP contribution in [0, 0.1) is 6.92 Å². The van der Waals surface area contributed by atoms with Gasteiger partial charge in [0.2, 0.25) is 5.75 Å². The van der Waals surface area contributed by atoms with Crippen molar-refractivity contribution >= 4 is 21.8 Å². The number of rotatable bonds is 6. The van der Waals surface area contributed by atoms with Gasteiger partial charge in [-0.05, 0) is 53.1 Å². The Kier molecular flexibility index (Phi) is 5.38. The zero-order valence-electron chi connectivity index (χ0n) is 19.3. The van der Waals surface area contributed by atoms with Crippen LogP contribution in [0.2, 0.25) is 0 Å². The van der Waals surface area contributed by atoms with Crippen LogP contribution in [-0.4, -0.2) is 30.9 Å². The van der Waals surface area contributed by atoms with Crippen molar-refractivity contribution < 1.29 is 14.2 Å². The number of aromatic nitrogens is 2. The number of hydrogen-bond donors (Lipinski definition) is 0. The summed E-state index contributed by atoms with van der Waals surface area (Å²) in [5.41, 5.74) is 5.38. The van der Waals surface area contributed by atoms with E-state index in [4.69, 9.17) is 19.2 Å². The molecule has 1 aromatic heterocycles. The highest BCUT2D eigenvalue weighted by molar-refractivity contribution is 5.97. The van der Waals surface area contributed by atoms with Crippen molar-refractivity contribution in [3.8, 4) is 28.6 Å². The Bertz CT molecular complexity index is 1440. The lowest BCUT2D eigenvalue weighted by Gasteiger charge is -2.16. The van der Waals surface area contributed by atoms with Crippen LogP contribution in [0.5, 0.6) is 17.2 Å². The van der Waals surface area contributed by atoms with E-state index in [-0.39, 0.29) is 0 Å². The monoisotopic (exact) mass is 438 g/mol. The van der Waals surface area contributed by atoms with E-state index in [1.165, 1.54) is 16.3 Å². The van der Waals surface area contributed by atoms with Gasteiger partial charge in [-0.3, -0.25) is 0 Å². The predicted octanol–water partition coefficient (Wildman–Crippen LogP) is 6.24. The molecule has 1 heterocycles. The molecule has 0 atom stereocenters. The van der Waals surface area contributed by atoms with E-state index in [1.54, 1.807) is 21.3 Å². The molecule has 0 aliphatic rings. The molecule has 0 spiro atoms. The molecular weight excluding hydrogens is 412 g/mol. The standard InChI is InChI=1S/C28H26N2O3/c1-18-12-13-24-23(14-18)29-28(22-11-7-9-20-8-5-6-10-21(20)22)30(24)17-19-15-25(31-2)27(33-4)26(16-19)32-3/h5-16H,17H2,1-4H3. The number of hydrogen-bond acceptors (Lipinski definition) is 4. The molecule has 0 saturated carbocycles. The van der Waals surface area contributed by atoms with Crippen molar-refractivity contribution in [3.63, 3.8) is 0 Å². The number of benzene rings is 4. The van der Waals surface area contributed by atoms with Crippen LogP contribution in [0.1, 0.15) is 11.1 Å². The lowest BCUT2D eigenvalue weighted by molar-refractivity contribution is 0.323. The lowest BCUT2D eigenvalue weighted by atomic mass is 10.0. The van der Waals surface area contributed by atoms with E-state index < -0.39 is 0 Å². The van der Waals surface area contributed by atoms with Crippen LogP contribution < -0.4 is 14.2 Å². The minimum atomic E-state index is 0.587. The van der Waals surface area contributed by atoms with Gasteiger partial charge in [0.05, 0.1) is 32.4 Å². The van der Waals surface area contributed by atoms with Crippen LogP contribution in [0.15, 0.2) is 72.8 Å². The summed E-state index contributed by atoms with van der Waals surface area (Å²) in [7, 11) is 4.89. The number of ether oxygens (including phenoxy) is 3. The third kappa shape index (κ3) is 3.65. The summed E-state index contributed by atoms with van der Waals surface area (Å²) in [6.07, 6.45) is 0. The maximum Gasteiger partial charge on any atom is 0.203 e. The van der Waals surface area contributed by atoms with Gasteiger partial charge in [-0.15, -0.1) is 0 Å². The van der Waals surface area contributed by atoms with Gasteiger partial charge in [-0.1, -0.05) is 48.5 Å². The van der Waals surface area contributed by atoms with Crippen molar-refractivity contribution in [2.45, 2.75) is 13.5 Å². The molecule has 5 rings (SSSR count). The van der Waals surface area contributed by atoms with Crippen LogP contribution in [0.3, 0.4) is 0 Å². The second-order valence-electron chi connectivity index (χ2n) is 8.07. The van der Waals surface area contributed by atoms with Crippen molar-refractivity contribution in [2.75, 3.05) is 21.3 Å². The quantitative estimate of drug-likeness (QED) is 0.315. The Hall–Kier alpha value is -3.99. The molecule has 0 bridgehead atoms. The highest BCUT2D eigenvalue weighted by Crippen LogP contribution is 2.39. The smallest absolute Gasteiger partial charge is 0.203 e. The predicted molar refractivity (Wildman–Crippen MR) is 133 cm³/mol. The molecule has 0 N–H and O–H groups in total. The van der Waals surface area contributed by atoms with Crippen LogP contribution in [-0.2, 0) is 6.54 Å². The van der Waals surface area contributed by atoms with Crippen molar-refractivity contribution in [3.05, 3.63) is 83.9 Å².